The summed E-state index contributed by atoms with van der Waals surface area (Å²) < 4.78 is 6.88. The van der Waals surface area contributed by atoms with E-state index in [0.29, 0.717) is 38.5 Å². The molecule has 1 saturated heterocycles. The van der Waals surface area contributed by atoms with Crippen molar-refractivity contribution in [1.82, 2.24) is 19.2 Å². The van der Waals surface area contributed by atoms with Crippen LogP contribution < -0.4 is 0 Å². The monoisotopic (exact) mass is 384 g/mol. The van der Waals surface area contributed by atoms with Gasteiger partial charge in [-0.05, 0) is 6.92 Å². The maximum atomic E-state index is 13.0. The summed E-state index contributed by atoms with van der Waals surface area (Å²) in [4.78, 5) is 33.6. The summed E-state index contributed by atoms with van der Waals surface area (Å²) in [5, 5.41) is 1.84. The van der Waals surface area contributed by atoms with Crippen LogP contribution in [0.15, 0.2) is 41.9 Å². The van der Waals surface area contributed by atoms with E-state index in [1.807, 2.05) is 46.3 Å². The van der Waals surface area contributed by atoms with E-state index >= 15 is 0 Å². The average molecular weight is 384 g/mol. The van der Waals surface area contributed by atoms with E-state index in [0.717, 1.165) is 16.2 Å². The average Bonchev–Trinajstić information content (AvgIpc) is 3.29. The van der Waals surface area contributed by atoms with Gasteiger partial charge in [-0.3, -0.25) is 9.20 Å². The van der Waals surface area contributed by atoms with Gasteiger partial charge in [0, 0.05) is 43.3 Å². The van der Waals surface area contributed by atoms with Gasteiger partial charge in [0.15, 0.2) is 4.96 Å². The van der Waals surface area contributed by atoms with Gasteiger partial charge in [-0.2, -0.15) is 0 Å². The number of amides is 2. The first-order valence-electron chi connectivity index (χ1n) is 8.90. The maximum absolute atomic E-state index is 13.0. The van der Waals surface area contributed by atoms with E-state index in [-0.39, 0.29) is 12.0 Å². The van der Waals surface area contributed by atoms with E-state index in [1.54, 1.807) is 16.7 Å². The number of nitrogens with zero attached hydrogens (tertiary/aromatic N) is 4. The Morgan fingerprint density at radius 3 is 2.52 bits per heavy atom. The number of benzene rings is 1. The van der Waals surface area contributed by atoms with Gasteiger partial charge in [-0.25, -0.2) is 9.78 Å². The second-order valence-electron chi connectivity index (χ2n) is 6.24. The van der Waals surface area contributed by atoms with Crippen molar-refractivity contribution in [2.24, 2.45) is 0 Å². The zero-order valence-corrected chi connectivity index (χ0v) is 15.8. The molecule has 0 aliphatic carbocycles. The third-order valence-corrected chi connectivity index (χ3v) is 5.43. The molecule has 8 heteroatoms. The van der Waals surface area contributed by atoms with Crippen molar-refractivity contribution in [1.29, 1.82) is 0 Å². The topological polar surface area (TPSA) is 67.2 Å². The minimum Gasteiger partial charge on any atom is -0.450 e. The second-order valence-corrected chi connectivity index (χ2v) is 7.08. The zero-order chi connectivity index (χ0) is 18.8. The molecular formula is C19H20N4O3S. The van der Waals surface area contributed by atoms with Crippen molar-refractivity contribution in [3.05, 3.63) is 47.6 Å². The van der Waals surface area contributed by atoms with Crippen LogP contribution in [-0.4, -0.2) is 64.0 Å². The fourth-order valence-electron chi connectivity index (χ4n) is 3.15. The van der Waals surface area contributed by atoms with Gasteiger partial charge in [-0.1, -0.05) is 30.3 Å². The number of hydrogen-bond acceptors (Lipinski definition) is 5. The highest BCUT2D eigenvalue weighted by atomic mass is 32.1. The van der Waals surface area contributed by atoms with Crippen molar-refractivity contribution in [2.45, 2.75) is 6.92 Å². The van der Waals surface area contributed by atoms with Crippen molar-refractivity contribution >= 4 is 28.3 Å². The lowest BCUT2D eigenvalue weighted by Crippen LogP contribution is -2.50. The summed E-state index contributed by atoms with van der Waals surface area (Å²) in [6, 6.07) is 9.91. The smallest absolute Gasteiger partial charge is 0.409 e. The molecule has 3 aromatic rings. The summed E-state index contributed by atoms with van der Waals surface area (Å²) in [5.74, 6) is -0.0400. The summed E-state index contributed by atoms with van der Waals surface area (Å²) in [7, 11) is 0. The van der Waals surface area contributed by atoms with Gasteiger partial charge in [0.1, 0.15) is 5.69 Å². The molecule has 27 heavy (non-hydrogen) atoms. The number of imidazole rings is 1. The van der Waals surface area contributed by atoms with E-state index in [4.69, 9.17) is 4.74 Å². The Morgan fingerprint density at radius 2 is 1.81 bits per heavy atom. The summed E-state index contributed by atoms with van der Waals surface area (Å²) in [5.41, 5.74) is 2.48. The Bertz CT molecular complexity index is 958. The highest BCUT2D eigenvalue weighted by molar-refractivity contribution is 7.15. The number of aromatic nitrogens is 2. The zero-order valence-electron chi connectivity index (χ0n) is 15.0. The fraction of sp³-hybridized carbons (Fsp3) is 0.316. The molecular weight excluding hydrogens is 364 g/mol. The molecule has 4 rings (SSSR count). The van der Waals surface area contributed by atoms with Gasteiger partial charge in [0.2, 0.25) is 0 Å². The molecule has 1 fully saturated rings. The first-order valence-corrected chi connectivity index (χ1v) is 9.78. The lowest BCUT2D eigenvalue weighted by molar-refractivity contribution is 0.0565. The molecule has 0 unspecified atom stereocenters. The van der Waals surface area contributed by atoms with Crippen LogP contribution in [0.2, 0.25) is 0 Å². The van der Waals surface area contributed by atoms with E-state index < -0.39 is 0 Å². The lowest BCUT2D eigenvalue weighted by atomic mass is 10.2. The molecule has 0 bridgehead atoms. The van der Waals surface area contributed by atoms with Crippen LogP contribution in [-0.2, 0) is 4.74 Å². The second kappa shape index (κ2) is 7.40. The number of carbonyl (C=O) groups is 2. The lowest BCUT2D eigenvalue weighted by Gasteiger charge is -2.33. The number of fused-ring (bicyclic) bond motifs is 1. The standard InChI is InChI=1S/C19H20N4O3S/c1-2-26-19(25)22-10-8-21(9-11-22)17(24)16-13-27-18-20-15(12-23(16)18)14-6-4-3-5-7-14/h3-7,12-13H,2,8-11H2,1H3. The third kappa shape index (κ3) is 3.40. The molecule has 0 radical (unpaired) electrons. The molecule has 7 nitrogen and oxygen atoms in total. The molecule has 2 amide bonds. The maximum Gasteiger partial charge on any atom is 0.409 e. The van der Waals surface area contributed by atoms with Gasteiger partial charge in [-0.15, -0.1) is 11.3 Å². The molecule has 0 N–H and O–H groups in total. The van der Waals surface area contributed by atoms with Crippen molar-refractivity contribution < 1.29 is 14.3 Å². The molecule has 0 atom stereocenters. The predicted octanol–water partition coefficient (Wildman–Crippen LogP) is 2.98. The van der Waals surface area contributed by atoms with E-state index in [1.165, 1.54) is 11.3 Å². The molecule has 1 aliphatic heterocycles. The number of ether oxygens (including phenoxy) is 1. The highest BCUT2D eigenvalue weighted by Gasteiger charge is 2.27. The molecule has 0 saturated carbocycles. The molecule has 140 valence electrons. The van der Waals surface area contributed by atoms with Crippen molar-refractivity contribution in [2.75, 3.05) is 32.8 Å². The van der Waals surface area contributed by atoms with E-state index in [2.05, 4.69) is 4.98 Å². The summed E-state index contributed by atoms with van der Waals surface area (Å²) >= 11 is 1.45. The van der Waals surface area contributed by atoms with Crippen LogP contribution >= 0.6 is 11.3 Å². The molecule has 1 aromatic carbocycles. The minimum atomic E-state index is -0.315. The molecule has 0 spiro atoms. The Balaban J connectivity index is 1.50. The number of carbonyl (C=O) groups excluding carboxylic acids is 2. The van der Waals surface area contributed by atoms with Crippen molar-refractivity contribution in [3.63, 3.8) is 0 Å². The van der Waals surface area contributed by atoms with Crippen LogP contribution in [0.5, 0.6) is 0 Å². The first-order chi connectivity index (χ1) is 13.2. The largest absolute Gasteiger partial charge is 0.450 e. The van der Waals surface area contributed by atoms with E-state index in [9.17, 15) is 9.59 Å². The predicted molar refractivity (Wildman–Crippen MR) is 103 cm³/mol. The Morgan fingerprint density at radius 1 is 1.11 bits per heavy atom. The quantitative estimate of drug-likeness (QED) is 0.696. The highest BCUT2D eigenvalue weighted by Crippen LogP contribution is 2.24. The Kier molecular flexibility index (Phi) is 4.81. The number of piperazine rings is 1. The van der Waals surface area contributed by atoms with Crippen LogP contribution in [0.1, 0.15) is 17.4 Å². The number of rotatable bonds is 3. The Hall–Kier alpha value is -2.87. The SMILES string of the molecule is CCOC(=O)N1CCN(C(=O)c2csc3nc(-c4ccccc4)cn23)CC1. The summed E-state index contributed by atoms with van der Waals surface area (Å²) in [6.07, 6.45) is 1.59. The molecule has 3 heterocycles. The van der Waals surface area contributed by atoms with Gasteiger partial charge in [0.05, 0.1) is 12.3 Å². The van der Waals surface area contributed by atoms with Crippen LogP contribution in [0, 0.1) is 0 Å². The normalized spacial score (nSPS) is 14.6. The van der Waals surface area contributed by atoms with Gasteiger partial charge < -0.3 is 14.5 Å². The van der Waals surface area contributed by atoms with Gasteiger partial charge >= 0.3 is 6.09 Å². The van der Waals surface area contributed by atoms with Crippen LogP contribution in [0.25, 0.3) is 16.2 Å². The van der Waals surface area contributed by atoms with Crippen molar-refractivity contribution in [3.8, 4) is 11.3 Å². The molecule has 2 aromatic heterocycles. The van der Waals surface area contributed by atoms with Crippen LogP contribution in [0.3, 0.4) is 0 Å². The number of hydrogen-bond donors (Lipinski definition) is 0. The number of thiazole rings is 1. The summed E-state index contributed by atoms with van der Waals surface area (Å²) in [6.45, 7) is 4.10. The minimum absolute atomic E-state index is 0.0400. The first kappa shape index (κ1) is 17.5. The Labute approximate surface area is 160 Å². The third-order valence-electron chi connectivity index (χ3n) is 4.59. The fourth-order valence-corrected chi connectivity index (χ4v) is 4.00. The van der Waals surface area contributed by atoms with Crippen LogP contribution in [0.4, 0.5) is 4.79 Å². The molecule has 1 aliphatic rings. The van der Waals surface area contributed by atoms with Gasteiger partial charge in [0.25, 0.3) is 5.91 Å².